The van der Waals surface area contributed by atoms with E-state index in [2.05, 4.69) is 73.4 Å². The normalized spacial score (nSPS) is 29.0. The Labute approximate surface area is 181 Å². The number of carbonyl (C=O) groups is 1. The van der Waals surface area contributed by atoms with Crippen LogP contribution in [0.5, 0.6) is 0 Å². The van der Waals surface area contributed by atoms with Gasteiger partial charge in [0.2, 0.25) is 0 Å². The van der Waals surface area contributed by atoms with Crippen LogP contribution in [-0.4, -0.2) is 20.2 Å². The largest absolute Gasteiger partial charge is 0.410 e. The molecular formula is C26H44O2Si. The lowest BCUT2D eigenvalue weighted by Gasteiger charge is -2.39. The first-order chi connectivity index (χ1) is 13.2. The van der Waals surface area contributed by atoms with Crippen molar-refractivity contribution in [2.24, 2.45) is 5.92 Å². The molecule has 0 bridgehead atoms. The fourth-order valence-electron chi connectivity index (χ4n) is 3.46. The highest BCUT2D eigenvalue weighted by Crippen LogP contribution is 2.38. The molecule has 1 aliphatic carbocycles. The summed E-state index contributed by atoms with van der Waals surface area (Å²) in [6.07, 6.45) is 11.2. The van der Waals surface area contributed by atoms with Crippen LogP contribution in [0.25, 0.3) is 0 Å². The molecule has 1 aliphatic rings. The van der Waals surface area contributed by atoms with Crippen LogP contribution >= 0.6 is 0 Å². The van der Waals surface area contributed by atoms with Crippen LogP contribution in [0, 0.1) is 5.92 Å². The van der Waals surface area contributed by atoms with Gasteiger partial charge in [0.1, 0.15) is 0 Å². The van der Waals surface area contributed by atoms with Crippen molar-refractivity contribution in [3.05, 3.63) is 47.1 Å². The van der Waals surface area contributed by atoms with E-state index in [1.54, 1.807) is 0 Å². The second-order valence-electron chi connectivity index (χ2n) is 10.6. The minimum Gasteiger partial charge on any atom is -0.410 e. The molecule has 0 amide bonds. The number of rotatable bonds is 3. The lowest BCUT2D eigenvalue weighted by atomic mass is 9.88. The minimum absolute atomic E-state index is 0.0243. The second kappa shape index (κ2) is 10.7. The van der Waals surface area contributed by atoms with Gasteiger partial charge in [0.15, 0.2) is 14.1 Å². The van der Waals surface area contributed by atoms with E-state index in [1.165, 1.54) is 11.1 Å². The van der Waals surface area contributed by atoms with Crippen LogP contribution in [0.3, 0.4) is 0 Å². The summed E-state index contributed by atoms with van der Waals surface area (Å²) in [5.41, 5.74) is 4.79. The molecule has 29 heavy (non-hydrogen) atoms. The summed E-state index contributed by atoms with van der Waals surface area (Å²) in [6, 6.07) is 0. The van der Waals surface area contributed by atoms with Crippen molar-refractivity contribution >= 4 is 14.1 Å². The maximum atomic E-state index is 13.0. The SMILES string of the molecule is C=C(C)C1CC/C(C)=C/CC/C(C)=C/[C@H](O[Si](C)(C)C(C)(C)C)C/C(C)=C/C1=O. The van der Waals surface area contributed by atoms with Crippen molar-refractivity contribution < 1.29 is 9.22 Å². The number of hydrogen-bond acceptors (Lipinski definition) is 2. The topological polar surface area (TPSA) is 26.3 Å². The molecule has 1 unspecified atom stereocenters. The minimum atomic E-state index is -1.90. The van der Waals surface area contributed by atoms with E-state index in [4.69, 9.17) is 4.43 Å². The fraction of sp³-hybridized carbons (Fsp3) is 0.654. The molecule has 0 N–H and O–H groups in total. The molecule has 0 aliphatic heterocycles. The van der Waals surface area contributed by atoms with Gasteiger partial charge in [-0.1, -0.05) is 61.8 Å². The van der Waals surface area contributed by atoms with E-state index < -0.39 is 8.32 Å². The summed E-state index contributed by atoms with van der Waals surface area (Å²) in [5.74, 6) is 0.0971. The molecule has 164 valence electrons. The second-order valence-corrected chi connectivity index (χ2v) is 15.3. The highest BCUT2D eigenvalue weighted by molar-refractivity contribution is 6.74. The third kappa shape index (κ3) is 8.60. The van der Waals surface area contributed by atoms with Gasteiger partial charge in [0.05, 0.1) is 6.10 Å². The lowest BCUT2D eigenvalue weighted by Crippen LogP contribution is -2.43. The third-order valence-corrected chi connectivity index (χ3v) is 10.9. The number of allylic oxidation sites excluding steroid dienone is 5. The Kier molecular flexibility index (Phi) is 9.55. The van der Waals surface area contributed by atoms with E-state index in [0.29, 0.717) is 0 Å². The Morgan fingerprint density at radius 3 is 2.28 bits per heavy atom. The van der Waals surface area contributed by atoms with Crippen LogP contribution in [0.15, 0.2) is 47.1 Å². The average molecular weight is 417 g/mol. The Morgan fingerprint density at radius 2 is 1.72 bits per heavy atom. The van der Waals surface area contributed by atoms with Gasteiger partial charge in [0.25, 0.3) is 0 Å². The van der Waals surface area contributed by atoms with Gasteiger partial charge in [-0.15, -0.1) is 0 Å². The van der Waals surface area contributed by atoms with E-state index in [9.17, 15) is 4.79 Å². The first kappa shape index (κ1) is 25.8. The summed E-state index contributed by atoms with van der Waals surface area (Å²) >= 11 is 0. The van der Waals surface area contributed by atoms with Crippen LogP contribution in [0.1, 0.15) is 80.6 Å². The predicted octanol–water partition coefficient (Wildman–Crippen LogP) is 7.94. The molecule has 0 aromatic rings. The van der Waals surface area contributed by atoms with Crippen LogP contribution in [0.2, 0.25) is 18.1 Å². The molecule has 0 fully saturated rings. The first-order valence-corrected chi connectivity index (χ1v) is 14.0. The number of hydrogen-bond donors (Lipinski definition) is 0. The van der Waals surface area contributed by atoms with Gasteiger partial charge in [-0.3, -0.25) is 4.79 Å². The number of carbonyl (C=O) groups excluding carboxylic acids is 1. The monoisotopic (exact) mass is 416 g/mol. The highest BCUT2D eigenvalue weighted by Gasteiger charge is 2.38. The van der Waals surface area contributed by atoms with Gasteiger partial charge < -0.3 is 4.43 Å². The molecule has 2 atom stereocenters. The van der Waals surface area contributed by atoms with E-state index in [-0.39, 0.29) is 22.8 Å². The van der Waals surface area contributed by atoms with Gasteiger partial charge in [-0.25, -0.2) is 0 Å². The van der Waals surface area contributed by atoms with Crippen LogP contribution in [0.4, 0.5) is 0 Å². The number of ketones is 1. The maximum Gasteiger partial charge on any atom is 0.192 e. The smallest absolute Gasteiger partial charge is 0.192 e. The van der Waals surface area contributed by atoms with Gasteiger partial charge in [-0.05, 0) is 84.0 Å². The molecule has 0 heterocycles. The molecule has 0 radical (unpaired) electrons. The van der Waals surface area contributed by atoms with Gasteiger partial charge >= 0.3 is 0 Å². The quantitative estimate of drug-likeness (QED) is 0.345. The van der Waals surface area contributed by atoms with Gasteiger partial charge in [0, 0.05) is 5.92 Å². The van der Waals surface area contributed by atoms with E-state index in [1.807, 2.05) is 13.0 Å². The summed E-state index contributed by atoms with van der Waals surface area (Å²) in [6.45, 7) is 23.9. The highest BCUT2D eigenvalue weighted by atomic mass is 28.4. The van der Waals surface area contributed by atoms with E-state index >= 15 is 0 Å². The zero-order chi connectivity index (χ0) is 22.4. The molecule has 0 aromatic carbocycles. The summed E-state index contributed by atoms with van der Waals surface area (Å²) < 4.78 is 6.75. The summed E-state index contributed by atoms with van der Waals surface area (Å²) in [5, 5.41) is 0.159. The molecule has 0 aromatic heterocycles. The molecule has 0 saturated heterocycles. The molecular weight excluding hydrogens is 372 g/mol. The fourth-order valence-corrected chi connectivity index (χ4v) is 4.72. The molecule has 2 nitrogen and oxygen atoms in total. The zero-order valence-corrected chi connectivity index (χ0v) is 21.4. The Morgan fingerprint density at radius 1 is 1.10 bits per heavy atom. The van der Waals surface area contributed by atoms with Crippen molar-refractivity contribution in [1.29, 1.82) is 0 Å². The summed E-state index contributed by atoms with van der Waals surface area (Å²) in [7, 11) is -1.90. The Balaban J connectivity index is 3.25. The van der Waals surface area contributed by atoms with Crippen LogP contribution < -0.4 is 0 Å². The standard InChI is InChI=1S/C26H44O2Si/c1-19(2)24-15-14-20(3)12-11-13-21(4)16-23(17-22(5)18-25(24)27)28-29(9,10)26(6,7)8/h12,16,18,23-24H,1,11,13-15,17H2,2-10H3/b20-12+,21-16+,22-18+/t23-,24?/m0/s1. The molecule has 3 heteroatoms. The van der Waals surface area contributed by atoms with Crippen molar-refractivity contribution in [3.8, 4) is 0 Å². The Hall–Kier alpha value is -1.19. The van der Waals surface area contributed by atoms with Gasteiger partial charge in [-0.2, -0.15) is 0 Å². The average Bonchev–Trinajstić information content (AvgIpc) is 2.51. The van der Waals surface area contributed by atoms with Crippen molar-refractivity contribution in [2.45, 2.75) is 105 Å². The van der Waals surface area contributed by atoms with Crippen molar-refractivity contribution in [2.75, 3.05) is 0 Å². The molecule has 1 rings (SSSR count). The van der Waals surface area contributed by atoms with Crippen LogP contribution in [-0.2, 0) is 9.22 Å². The van der Waals surface area contributed by atoms with E-state index in [0.717, 1.165) is 43.3 Å². The van der Waals surface area contributed by atoms with Crippen molar-refractivity contribution in [1.82, 2.24) is 0 Å². The Bertz CT molecular complexity index is 686. The molecule has 0 saturated carbocycles. The first-order valence-electron chi connectivity index (χ1n) is 11.1. The molecule has 0 spiro atoms. The maximum absolute atomic E-state index is 13.0. The lowest BCUT2D eigenvalue weighted by molar-refractivity contribution is -0.117. The summed E-state index contributed by atoms with van der Waals surface area (Å²) in [4.78, 5) is 13.0. The van der Waals surface area contributed by atoms with Crippen molar-refractivity contribution in [3.63, 3.8) is 0 Å². The third-order valence-electron chi connectivity index (χ3n) is 6.43. The predicted molar refractivity (Wildman–Crippen MR) is 130 cm³/mol. The zero-order valence-electron chi connectivity index (χ0n) is 20.4.